The summed E-state index contributed by atoms with van der Waals surface area (Å²) in [6, 6.07) is 8.08. The Hall–Kier alpha value is -1.61. The van der Waals surface area contributed by atoms with Gasteiger partial charge in [0.1, 0.15) is 12.2 Å². The van der Waals surface area contributed by atoms with Gasteiger partial charge in [-0.25, -0.2) is 0 Å². The van der Waals surface area contributed by atoms with E-state index in [9.17, 15) is 9.90 Å². The number of fused-ring (bicyclic) bond motifs is 1. The summed E-state index contributed by atoms with van der Waals surface area (Å²) in [6.45, 7) is 1.37. The molecule has 1 aromatic carbocycles. The smallest absolute Gasteiger partial charge is 0.303 e. The number of aliphatic hydroxyl groups is 1. The van der Waals surface area contributed by atoms with Crippen LogP contribution in [0.3, 0.4) is 0 Å². The molecule has 0 aromatic heterocycles. The zero-order valence-electron chi connectivity index (χ0n) is 11.1. The van der Waals surface area contributed by atoms with Gasteiger partial charge in [-0.3, -0.25) is 4.79 Å². The average Bonchev–Trinajstić information content (AvgIpc) is 2.38. The topological polar surface area (TPSA) is 46.5 Å². The molecule has 0 aliphatic heterocycles. The van der Waals surface area contributed by atoms with Gasteiger partial charge in [-0.1, -0.05) is 36.4 Å². The van der Waals surface area contributed by atoms with E-state index >= 15 is 0 Å². The molecular weight excluding hydrogens is 240 g/mol. The van der Waals surface area contributed by atoms with Gasteiger partial charge in [0, 0.05) is 13.3 Å². The SMILES string of the molecule is CC(=O)OC1Cc2ccccc2C[CH]C/C=C\C1O. The van der Waals surface area contributed by atoms with Crippen molar-refractivity contribution in [2.45, 2.75) is 38.4 Å². The molecule has 2 rings (SSSR count). The Morgan fingerprint density at radius 2 is 2.05 bits per heavy atom. The van der Waals surface area contributed by atoms with Gasteiger partial charge in [0.05, 0.1) is 0 Å². The van der Waals surface area contributed by atoms with Crippen LogP contribution in [-0.4, -0.2) is 23.3 Å². The molecule has 0 amide bonds. The minimum absolute atomic E-state index is 0.362. The molecule has 101 valence electrons. The molecule has 1 radical (unpaired) electrons. The summed E-state index contributed by atoms with van der Waals surface area (Å²) < 4.78 is 5.24. The molecule has 0 fully saturated rings. The minimum atomic E-state index is -0.761. The summed E-state index contributed by atoms with van der Waals surface area (Å²) in [6.07, 6.45) is 6.74. The first kappa shape index (κ1) is 13.8. The number of allylic oxidation sites excluding steroid dienone is 1. The van der Waals surface area contributed by atoms with Gasteiger partial charge >= 0.3 is 5.97 Å². The second kappa shape index (κ2) is 6.53. The van der Waals surface area contributed by atoms with E-state index in [2.05, 4.69) is 12.5 Å². The molecule has 0 saturated carbocycles. The second-order valence-electron chi connectivity index (χ2n) is 4.77. The van der Waals surface area contributed by atoms with Crippen molar-refractivity contribution in [2.24, 2.45) is 0 Å². The van der Waals surface area contributed by atoms with E-state index in [4.69, 9.17) is 4.74 Å². The molecule has 2 unspecified atom stereocenters. The van der Waals surface area contributed by atoms with Crippen LogP contribution in [0.1, 0.15) is 24.5 Å². The van der Waals surface area contributed by atoms with Crippen LogP contribution in [0.25, 0.3) is 0 Å². The van der Waals surface area contributed by atoms with Crippen LogP contribution < -0.4 is 0 Å². The van der Waals surface area contributed by atoms with Crippen LogP contribution in [0, 0.1) is 6.42 Å². The molecule has 0 saturated heterocycles. The number of aliphatic hydroxyl groups excluding tert-OH is 1. The van der Waals surface area contributed by atoms with Crippen molar-refractivity contribution in [3.63, 3.8) is 0 Å². The summed E-state index contributed by atoms with van der Waals surface area (Å²) in [7, 11) is 0. The zero-order valence-corrected chi connectivity index (χ0v) is 11.1. The molecule has 19 heavy (non-hydrogen) atoms. The lowest BCUT2D eigenvalue weighted by Crippen LogP contribution is -2.32. The van der Waals surface area contributed by atoms with E-state index in [0.29, 0.717) is 6.42 Å². The largest absolute Gasteiger partial charge is 0.459 e. The van der Waals surface area contributed by atoms with Gasteiger partial charge in [-0.2, -0.15) is 0 Å². The Morgan fingerprint density at radius 1 is 1.32 bits per heavy atom. The fourth-order valence-electron chi connectivity index (χ4n) is 2.29. The first-order valence-electron chi connectivity index (χ1n) is 6.57. The van der Waals surface area contributed by atoms with Crippen LogP contribution in [0.5, 0.6) is 0 Å². The lowest BCUT2D eigenvalue weighted by Gasteiger charge is -2.22. The van der Waals surface area contributed by atoms with E-state index in [1.54, 1.807) is 6.08 Å². The van der Waals surface area contributed by atoms with Gasteiger partial charge in [0.25, 0.3) is 0 Å². The third-order valence-electron chi connectivity index (χ3n) is 3.24. The number of benzene rings is 1. The summed E-state index contributed by atoms with van der Waals surface area (Å²) >= 11 is 0. The van der Waals surface area contributed by atoms with Crippen LogP contribution in [0.2, 0.25) is 0 Å². The molecule has 0 spiro atoms. The van der Waals surface area contributed by atoms with E-state index < -0.39 is 12.2 Å². The minimum Gasteiger partial charge on any atom is -0.459 e. The first-order chi connectivity index (χ1) is 9.16. The fraction of sp³-hybridized carbons (Fsp3) is 0.375. The maximum absolute atomic E-state index is 11.2. The van der Waals surface area contributed by atoms with E-state index in [-0.39, 0.29) is 5.97 Å². The van der Waals surface area contributed by atoms with Gasteiger partial charge in [-0.05, 0) is 30.4 Å². The monoisotopic (exact) mass is 259 g/mol. The van der Waals surface area contributed by atoms with Crippen molar-refractivity contribution in [3.8, 4) is 0 Å². The summed E-state index contributed by atoms with van der Waals surface area (Å²) in [5.41, 5.74) is 2.35. The molecule has 3 nitrogen and oxygen atoms in total. The molecule has 1 N–H and O–H groups in total. The molecule has 0 bridgehead atoms. The highest BCUT2D eigenvalue weighted by Gasteiger charge is 2.22. The van der Waals surface area contributed by atoms with Crippen LogP contribution in [-0.2, 0) is 22.4 Å². The highest BCUT2D eigenvalue weighted by Crippen LogP contribution is 2.19. The summed E-state index contributed by atoms with van der Waals surface area (Å²) in [5, 5.41) is 10.1. The molecule has 2 atom stereocenters. The predicted molar refractivity (Wildman–Crippen MR) is 73.5 cm³/mol. The van der Waals surface area contributed by atoms with Gasteiger partial charge < -0.3 is 9.84 Å². The van der Waals surface area contributed by atoms with Crippen molar-refractivity contribution >= 4 is 5.97 Å². The molecule has 3 heteroatoms. The Labute approximate surface area is 113 Å². The Kier molecular flexibility index (Phi) is 4.74. The van der Waals surface area contributed by atoms with Crippen LogP contribution in [0.4, 0.5) is 0 Å². The molecule has 0 heterocycles. The number of hydrogen-bond acceptors (Lipinski definition) is 3. The maximum atomic E-state index is 11.2. The maximum Gasteiger partial charge on any atom is 0.303 e. The Balaban J connectivity index is 2.26. The van der Waals surface area contributed by atoms with Crippen molar-refractivity contribution in [1.82, 2.24) is 0 Å². The summed E-state index contributed by atoms with van der Waals surface area (Å²) in [4.78, 5) is 11.2. The second-order valence-corrected chi connectivity index (χ2v) is 4.77. The first-order valence-corrected chi connectivity index (χ1v) is 6.57. The third-order valence-corrected chi connectivity index (χ3v) is 3.24. The molecule has 1 aliphatic rings. The van der Waals surface area contributed by atoms with Gasteiger partial charge in [-0.15, -0.1) is 0 Å². The normalized spacial score (nSPS) is 25.2. The number of ether oxygens (including phenoxy) is 1. The highest BCUT2D eigenvalue weighted by atomic mass is 16.6. The van der Waals surface area contributed by atoms with Crippen molar-refractivity contribution < 1.29 is 14.6 Å². The van der Waals surface area contributed by atoms with Crippen molar-refractivity contribution in [3.05, 3.63) is 54.0 Å². The van der Waals surface area contributed by atoms with E-state index in [1.807, 2.05) is 24.3 Å². The third kappa shape index (κ3) is 3.93. The lowest BCUT2D eigenvalue weighted by atomic mass is 9.94. The zero-order chi connectivity index (χ0) is 13.7. The van der Waals surface area contributed by atoms with Gasteiger partial charge in [0.15, 0.2) is 0 Å². The molecule has 1 aliphatic carbocycles. The van der Waals surface area contributed by atoms with Crippen LogP contribution in [0.15, 0.2) is 36.4 Å². The number of carbonyl (C=O) groups excluding carboxylic acids is 1. The lowest BCUT2D eigenvalue weighted by molar-refractivity contribution is -0.150. The van der Waals surface area contributed by atoms with Crippen molar-refractivity contribution in [1.29, 1.82) is 0 Å². The van der Waals surface area contributed by atoms with Gasteiger partial charge in [0.2, 0.25) is 0 Å². The molecule has 1 aromatic rings. The number of esters is 1. The Bertz CT molecular complexity index is 465. The number of hydrogen-bond donors (Lipinski definition) is 1. The number of carbonyl (C=O) groups is 1. The Morgan fingerprint density at radius 3 is 2.79 bits per heavy atom. The summed E-state index contributed by atoms with van der Waals surface area (Å²) in [5.74, 6) is -0.362. The fourth-order valence-corrected chi connectivity index (χ4v) is 2.29. The number of rotatable bonds is 1. The van der Waals surface area contributed by atoms with E-state index in [0.717, 1.165) is 18.4 Å². The van der Waals surface area contributed by atoms with Crippen molar-refractivity contribution in [2.75, 3.05) is 0 Å². The van der Waals surface area contributed by atoms with E-state index in [1.165, 1.54) is 12.5 Å². The highest BCUT2D eigenvalue weighted by molar-refractivity contribution is 5.66. The standard InChI is InChI=1S/C16H19O3/c1-12(17)19-16-11-14-9-6-5-8-13(14)7-3-2-4-10-15(16)18/h3-6,8-10,15-16,18H,2,7,11H2,1H3/b10-4-. The molecular formula is C16H19O3. The predicted octanol–water partition coefficient (Wildman–Crippen LogP) is 2.23. The van der Waals surface area contributed by atoms with Crippen LogP contribution >= 0.6 is 0 Å². The quantitative estimate of drug-likeness (QED) is 0.621. The average molecular weight is 259 g/mol.